The lowest BCUT2D eigenvalue weighted by atomic mass is 10.1. The summed E-state index contributed by atoms with van der Waals surface area (Å²) in [6, 6.07) is 4.74. The quantitative estimate of drug-likeness (QED) is 0.600. The molecule has 0 radical (unpaired) electrons. The summed E-state index contributed by atoms with van der Waals surface area (Å²) in [4.78, 5) is 22.9. The number of primary amides is 1. The lowest BCUT2D eigenvalue weighted by Gasteiger charge is -2.21. The number of nitrogens with one attached hydrogen (secondary N) is 2. The van der Waals surface area contributed by atoms with E-state index in [0.29, 0.717) is 11.4 Å². The molecule has 1 aromatic rings. The molecule has 1 rings (SSSR count). The molecule has 0 aliphatic carbocycles. The summed E-state index contributed by atoms with van der Waals surface area (Å²) in [5.41, 5.74) is 11.7. The molecule has 6 N–H and O–H groups in total. The summed E-state index contributed by atoms with van der Waals surface area (Å²) in [7, 11) is 0. The number of nitrogens with two attached hydrogens (primary N) is 2. The Kier molecular flexibility index (Phi) is 4.37. The fraction of sp³-hybridized carbons (Fsp3) is 0.385. The third-order valence-electron chi connectivity index (χ3n) is 2.26. The van der Waals surface area contributed by atoms with Crippen molar-refractivity contribution < 1.29 is 9.59 Å². The van der Waals surface area contributed by atoms with Crippen LogP contribution in [0, 0.1) is 0 Å². The van der Waals surface area contributed by atoms with Crippen LogP contribution in [0.25, 0.3) is 0 Å². The molecule has 1 aromatic carbocycles. The molecular weight excluding hydrogens is 244 g/mol. The summed E-state index contributed by atoms with van der Waals surface area (Å²) < 4.78 is 0. The average molecular weight is 264 g/mol. The van der Waals surface area contributed by atoms with E-state index < -0.39 is 5.91 Å². The maximum absolute atomic E-state index is 11.7. The SMILES string of the molecule is CC(C)(C)NC(=O)CNc1ccc(N)cc1C(N)=O. The molecule has 104 valence electrons. The predicted octanol–water partition coefficient (Wildman–Crippen LogP) is 0.694. The zero-order valence-electron chi connectivity index (χ0n) is 11.4. The van der Waals surface area contributed by atoms with Gasteiger partial charge in [0.05, 0.1) is 12.1 Å². The third-order valence-corrected chi connectivity index (χ3v) is 2.26. The Bertz CT molecular complexity index is 492. The van der Waals surface area contributed by atoms with Crippen molar-refractivity contribution in [3.8, 4) is 0 Å². The first-order chi connectivity index (χ1) is 8.69. The van der Waals surface area contributed by atoms with Crippen molar-refractivity contribution in [3.05, 3.63) is 23.8 Å². The van der Waals surface area contributed by atoms with Gasteiger partial charge in [-0.1, -0.05) is 0 Å². The predicted molar refractivity (Wildman–Crippen MR) is 75.8 cm³/mol. The molecule has 0 aliphatic heterocycles. The Labute approximate surface area is 112 Å². The summed E-state index contributed by atoms with van der Waals surface area (Å²) in [6.45, 7) is 5.73. The van der Waals surface area contributed by atoms with Crippen molar-refractivity contribution in [2.24, 2.45) is 5.73 Å². The van der Waals surface area contributed by atoms with Gasteiger partial charge in [-0.05, 0) is 39.0 Å². The second-order valence-corrected chi connectivity index (χ2v) is 5.32. The van der Waals surface area contributed by atoms with Crippen LogP contribution in [0.1, 0.15) is 31.1 Å². The van der Waals surface area contributed by atoms with Crippen LogP contribution in [0.5, 0.6) is 0 Å². The van der Waals surface area contributed by atoms with E-state index in [1.54, 1.807) is 12.1 Å². The van der Waals surface area contributed by atoms with E-state index in [-0.39, 0.29) is 23.6 Å². The van der Waals surface area contributed by atoms with E-state index in [0.717, 1.165) is 0 Å². The first-order valence-corrected chi connectivity index (χ1v) is 5.93. The molecule has 0 fully saturated rings. The Morgan fingerprint density at radius 2 is 1.89 bits per heavy atom. The third kappa shape index (κ3) is 4.87. The Hall–Kier alpha value is -2.24. The molecule has 2 amide bonds. The van der Waals surface area contributed by atoms with Gasteiger partial charge in [0, 0.05) is 16.9 Å². The van der Waals surface area contributed by atoms with Crippen LogP contribution in [0.3, 0.4) is 0 Å². The minimum absolute atomic E-state index is 0.0570. The van der Waals surface area contributed by atoms with Crippen molar-refractivity contribution in [3.63, 3.8) is 0 Å². The van der Waals surface area contributed by atoms with Gasteiger partial charge in [-0.3, -0.25) is 9.59 Å². The standard InChI is InChI=1S/C13H20N4O2/c1-13(2,3)17-11(18)7-16-10-5-4-8(14)6-9(10)12(15)19/h4-6,16H,7,14H2,1-3H3,(H2,15,19)(H,17,18). The Morgan fingerprint density at radius 3 is 2.42 bits per heavy atom. The van der Waals surface area contributed by atoms with Crippen molar-refractivity contribution >= 4 is 23.2 Å². The Balaban J connectivity index is 2.73. The van der Waals surface area contributed by atoms with Crippen LogP contribution in [0.2, 0.25) is 0 Å². The zero-order chi connectivity index (χ0) is 14.6. The summed E-state index contributed by atoms with van der Waals surface area (Å²) in [5.74, 6) is -0.759. The van der Waals surface area contributed by atoms with Crippen LogP contribution in [0.15, 0.2) is 18.2 Å². The molecule has 6 heteroatoms. The average Bonchev–Trinajstić information content (AvgIpc) is 2.24. The van der Waals surface area contributed by atoms with Crippen LogP contribution in [-0.4, -0.2) is 23.9 Å². The van der Waals surface area contributed by atoms with Gasteiger partial charge in [0.15, 0.2) is 0 Å². The number of rotatable bonds is 4. The van der Waals surface area contributed by atoms with Gasteiger partial charge in [-0.25, -0.2) is 0 Å². The number of anilines is 2. The maximum Gasteiger partial charge on any atom is 0.250 e. The van der Waals surface area contributed by atoms with Crippen LogP contribution in [0.4, 0.5) is 11.4 Å². The molecule has 6 nitrogen and oxygen atoms in total. The van der Waals surface area contributed by atoms with E-state index in [1.165, 1.54) is 6.07 Å². The van der Waals surface area contributed by atoms with Gasteiger partial charge >= 0.3 is 0 Å². The van der Waals surface area contributed by atoms with Gasteiger partial charge in [-0.15, -0.1) is 0 Å². The molecule has 0 spiro atoms. The van der Waals surface area contributed by atoms with E-state index in [9.17, 15) is 9.59 Å². The molecule has 0 saturated heterocycles. The number of hydrogen-bond acceptors (Lipinski definition) is 4. The molecule has 0 aromatic heterocycles. The number of carbonyl (C=O) groups excluding carboxylic acids is 2. The van der Waals surface area contributed by atoms with Crippen molar-refractivity contribution in [2.45, 2.75) is 26.3 Å². The van der Waals surface area contributed by atoms with Gasteiger partial charge in [0.2, 0.25) is 5.91 Å². The Morgan fingerprint density at radius 1 is 1.26 bits per heavy atom. The van der Waals surface area contributed by atoms with Gasteiger partial charge in [0.25, 0.3) is 5.91 Å². The molecule has 0 bridgehead atoms. The van der Waals surface area contributed by atoms with Crippen LogP contribution < -0.4 is 22.1 Å². The van der Waals surface area contributed by atoms with Gasteiger partial charge < -0.3 is 22.1 Å². The minimum atomic E-state index is -0.592. The van der Waals surface area contributed by atoms with E-state index in [1.807, 2.05) is 20.8 Å². The van der Waals surface area contributed by atoms with E-state index in [4.69, 9.17) is 11.5 Å². The lowest BCUT2D eigenvalue weighted by Crippen LogP contribution is -2.43. The summed E-state index contributed by atoms with van der Waals surface area (Å²) >= 11 is 0. The van der Waals surface area contributed by atoms with Crippen molar-refractivity contribution in [1.29, 1.82) is 0 Å². The summed E-state index contributed by atoms with van der Waals surface area (Å²) in [5, 5.41) is 5.68. The van der Waals surface area contributed by atoms with Gasteiger partial charge in [0.1, 0.15) is 0 Å². The fourth-order valence-corrected chi connectivity index (χ4v) is 1.56. The molecule has 0 saturated carbocycles. The zero-order valence-corrected chi connectivity index (χ0v) is 11.4. The molecule has 19 heavy (non-hydrogen) atoms. The molecule has 0 atom stereocenters. The summed E-state index contributed by atoms with van der Waals surface area (Å²) in [6.07, 6.45) is 0. The first kappa shape index (κ1) is 14.8. The largest absolute Gasteiger partial charge is 0.399 e. The molecular formula is C13H20N4O2. The minimum Gasteiger partial charge on any atom is -0.399 e. The highest BCUT2D eigenvalue weighted by atomic mass is 16.2. The number of benzene rings is 1. The van der Waals surface area contributed by atoms with Crippen molar-refractivity contribution in [1.82, 2.24) is 5.32 Å². The number of nitrogen functional groups attached to an aromatic ring is 1. The maximum atomic E-state index is 11.7. The highest BCUT2D eigenvalue weighted by Crippen LogP contribution is 2.18. The second-order valence-electron chi connectivity index (χ2n) is 5.32. The van der Waals surface area contributed by atoms with E-state index in [2.05, 4.69) is 10.6 Å². The highest BCUT2D eigenvalue weighted by Gasteiger charge is 2.14. The normalized spacial score (nSPS) is 10.9. The molecule has 0 aliphatic rings. The van der Waals surface area contributed by atoms with Crippen molar-refractivity contribution in [2.75, 3.05) is 17.6 Å². The van der Waals surface area contributed by atoms with E-state index >= 15 is 0 Å². The second kappa shape index (κ2) is 5.60. The number of hydrogen-bond donors (Lipinski definition) is 4. The number of carbonyl (C=O) groups is 2. The smallest absolute Gasteiger partial charge is 0.250 e. The molecule has 0 heterocycles. The highest BCUT2D eigenvalue weighted by molar-refractivity contribution is 6.00. The number of amides is 2. The lowest BCUT2D eigenvalue weighted by molar-refractivity contribution is -0.120. The fourth-order valence-electron chi connectivity index (χ4n) is 1.56. The monoisotopic (exact) mass is 264 g/mol. The van der Waals surface area contributed by atoms with Crippen LogP contribution in [-0.2, 0) is 4.79 Å². The van der Waals surface area contributed by atoms with Gasteiger partial charge in [-0.2, -0.15) is 0 Å². The first-order valence-electron chi connectivity index (χ1n) is 5.93. The topological polar surface area (TPSA) is 110 Å². The molecule has 0 unspecified atom stereocenters. The van der Waals surface area contributed by atoms with Crippen LogP contribution >= 0.6 is 0 Å².